The number of aromatic carboxylic acids is 1. The van der Waals surface area contributed by atoms with Crippen LogP contribution in [0.15, 0.2) is 35.2 Å². The number of hydrogen-bond donors (Lipinski definition) is 1. The molecule has 0 saturated carbocycles. The Labute approximate surface area is 110 Å². The highest BCUT2D eigenvalue weighted by molar-refractivity contribution is 7.90. The zero-order valence-electron chi connectivity index (χ0n) is 10.4. The van der Waals surface area contributed by atoms with E-state index in [-0.39, 0.29) is 10.6 Å². The molecule has 0 bridgehead atoms. The number of nitrogens with zero attached hydrogens (tertiary/aromatic N) is 2. The van der Waals surface area contributed by atoms with Crippen molar-refractivity contribution in [1.29, 1.82) is 0 Å². The van der Waals surface area contributed by atoms with Gasteiger partial charge in [-0.2, -0.15) is 5.10 Å². The van der Waals surface area contributed by atoms with Crippen molar-refractivity contribution in [1.82, 2.24) is 9.78 Å². The predicted octanol–water partition coefficient (Wildman–Crippen LogP) is 1.19. The molecule has 0 unspecified atom stereocenters. The third-order valence-corrected chi connectivity index (χ3v) is 3.77. The molecule has 100 valence electrons. The van der Waals surface area contributed by atoms with Gasteiger partial charge >= 0.3 is 5.97 Å². The van der Waals surface area contributed by atoms with Crippen LogP contribution in [-0.2, 0) is 16.9 Å². The van der Waals surface area contributed by atoms with Gasteiger partial charge in [0, 0.05) is 18.9 Å². The van der Waals surface area contributed by atoms with Crippen molar-refractivity contribution in [3.63, 3.8) is 0 Å². The highest BCUT2D eigenvalue weighted by Gasteiger charge is 2.14. The molecular formula is C12H12N2O4S. The van der Waals surface area contributed by atoms with Crippen LogP contribution >= 0.6 is 0 Å². The molecule has 0 aliphatic rings. The predicted molar refractivity (Wildman–Crippen MR) is 68.7 cm³/mol. The van der Waals surface area contributed by atoms with Gasteiger partial charge < -0.3 is 5.11 Å². The number of benzene rings is 1. The number of carboxylic acids is 1. The van der Waals surface area contributed by atoms with E-state index in [0.717, 1.165) is 6.26 Å². The molecule has 0 aliphatic carbocycles. The van der Waals surface area contributed by atoms with Crippen molar-refractivity contribution in [3.8, 4) is 11.3 Å². The standard InChI is InChI=1S/C12H12N2O4S/c1-14-11(12(15)16)7-10(13-14)8-4-3-5-9(6-8)19(2,17)18/h3-7H,1-2H3,(H,15,16). The van der Waals surface area contributed by atoms with E-state index in [1.807, 2.05) is 0 Å². The average molecular weight is 280 g/mol. The average Bonchev–Trinajstić information content (AvgIpc) is 2.70. The number of aryl methyl sites for hydroxylation is 1. The van der Waals surface area contributed by atoms with Crippen LogP contribution in [0.3, 0.4) is 0 Å². The Bertz CT molecular complexity index is 747. The maximum absolute atomic E-state index is 11.5. The number of carboxylic acid groups (broad SMARTS) is 1. The van der Waals surface area contributed by atoms with Crippen molar-refractivity contribution in [2.24, 2.45) is 7.05 Å². The SMILES string of the molecule is Cn1nc(-c2cccc(S(C)(=O)=O)c2)cc1C(=O)O. The van der Waals surface area contributed by atoms with Gasteiger partial charge in [-0.05, 0) is 18.2 Å². The first-order chi connectivity index (χ1) is 8.79. The summed E-state index contributed by atoms with van der Waals surface area (Å²) in [5, 5.41) is 13.0. The third kappa shape index (κ3) is 2.65. The molecule has 0 atom stereocenters. The van der Waals surface area contributed by atoms with Gasteiger partial charge in [0.15, 0.2) is 9.84 Å². The van der Waals surface area contributed by atoms with Crippen molar-refractivity contribution >= 4 is 15.8 Å². The fraction of sp³-hybridized carbons (Fsp3) is 0.167. The second-order valence-electron chi connectivity index (χ2n) is 4.14. The van der Waals surface area contributed by atoms with Crippen LogP contribution in [0.2, 0.25) is 0 Å². The summed E-state index contributed by atoms with van der Waals surface area (Å²) in [5.74, 6) is -1.08. The van der Waals surface area contributed by atoms with E-state index in [1.165, 1.54) is 29.9 Å². The largest absolute Gasteiger partial charge is 0.477 e. The number of aromatic nitrogens is 2. The first-order valence-electron chi connectivity index (χ1n) is 5.37. The van der Waals surface area contributed by atoms with E-state index >= 15 is 0 Å². The summed E-state index contributed by atoms with van der Waals surface area (Å²) < 4.78 is 24.2. The van der Waals surface area contributed by atoms with Crippen molar-refractivity contribution < 1.29 is 18.3 Å². The van der Waals surface area contributed by atoms with E-state index in [1.54, 1.807) is 12.1 Å². The topological polar surface area (TPSA) is 89.3 Å². The van der Waals surface area contributed by atoms with Gasteiger partial charge in [-0.15, -0.1) is 0 Å². The first-order valence-corrected chi connectivity index (χ1v) is 7.26. The van der Waals surface area contributed by atoms with Gasteiger partial charge in [-0.1, -0.05) is 12.1 Å². The molecule has 1 heterocycles. The molecule has 1 aromatic heterocycles. The van der Waals surface area contributed by atoms with Crippen LogP contribution in [-0.4, -0.2) is 35.5 Å². The van der Waals surface area contributed by atoms with Crippen LogP contribution in [0.25, 0.3) is 11.3 Å². The molecule has 7 heteroatoms. The first kappa shape index (κ1) is 13.3. The highest BCUT2D eigenvalue weighted by Crippen LogP contribution is 2.22. The molecule has 0 radical (unpaired) electrons. The van der Waals surface area contributed by atoms with Crippen molar-refractivity contribution in [2.75, 3.05) is 6.26 Å². The monoisotopic (exact) mass is 280 g/mol. The number of sulfone groups is 1. The smallest absolute Gasteiger partial charge is 0.354 e. The molecule has 2 rings (SSSR count). The van der Waals surface area contributed by atoms with Crippen LogP contribution in [0.5, 0.6) is 0 Å². The molecule has 2 aromatic rings. The molecule has 19 heavy (non-hydrogen) atoms. The van der Waals surface area contributed by atoms with E-state index in [9.17, 15) is 13.2 Å². The fourth-order valence-electron chi connectivity index (χ4n) is 1.69. The second-order valence-corrected chi connectivity index (χ2v) is 6.16. The lowest BCUT2D eigenvalue weighted by Crippen LogP contribution is -2.04. The van der Waals surface area contributed by atoms with Crippen LogP contribution in [0, 0.1) is 0 Å². The number of rotatable bonds is 3. The Hall–Kier alpha value is -2.15. The molecule has 1 N–H and O–H groups in total. The lowest BCUT2D eigenvalue weighted by atomic mass is 10.1. The van der Waals surface area contributed by atoms with E-state index in [2.05, 4.69) is 5.10 Å². The number of hydrogen-bond acceptors (Lipinski definition) is 4. The molecule has 6 nitrogen and oxygen atoms in total. The van der Waals surface area contributed by atoms with Gasteiger partial charge in [0.1, 0.15) is 5.69 Å². The zero-order valence-corrected chi connectivity index (χ0v) is 11.2. The Morgan fingerprint density at radius 3 is 2.53 bits per heavy atom. The Morgan fingerprint density at radius 1 is 1.32 bits per heavy atom. The van der Waals surface area contributed by atoms with E-state index in [4.69, 9.17) is 5.11 Å². The van der Waals surface area contributed by atoms with Gasteiger partial charge in [-0.3, -0.25) is 4.68 Å². The molecule has 0 saturated heterocycles. The van der Waals surface area contributed by atoms with Crippen molar-refractivity contribution in [3.05, 3.63) is 36.0 Å². The molecular weight excluding hydrogens is 268 g/mol. The molecule has 0 spiro atoms. The summed E-state index contributed by atoms with van der Waals surface area (Å²) in [6, 6.07) is 7.65. The normalized spacial score (nSPS) is 11.5. The minimum absolute atomic E-state index is 0.0414. The fourth-order valence-corrected chi connectivity index (χ4v) is 2.36. The summed E-state index contributed by atoms with van der Waals surface area (Å²) >= 11 is 0. The lowest BCUT2D eigenvalue weighted by molar-refractivity contribution is 0.0685. The van der Waals surface area contributed by atoms with Gasteiger partial charge in [0.05, 0.1) is 10.6 Å². The minimum Gasteiger partial charge on any atom is -0.477 e. The summed E-state index contributed by atoms with van der Waals surface area (Å²) in [5.41, 5.74) is 1.02. The van der Waals surface area contributed by atoms with Gasteiger partial charge in [0.25, 0.3) is 0 Å². The Morgan fingerprint density at radius 2 is 2.00 bits per heavy atom. The Balaban J connectivity index is 2.54. The van der Waals surface area contributed by atoms with E-state index < -0.39 is 15.8 Å². The molecule has 0 fully saturated rings. The van der Waals surface area contributed by atoms with Crippen LogP contribution in [0.4, 0.5) is 0 Å². The van der Waals surface area contributed by atoms with Gasteiger partial charge in [-0.25, -0.2) is 13.2 Å². The highest BCUT2D eigenvalue weighted by atomic mass is 32.2. The summed E-state index contributed by atoms with van der Waals surface area (Å²) in [7, 11) is -1.78. The van der Waals surface area contributed by atoms with Gasteiger partial charge in [0.2, 0.25) is 0 Å². The summed E-state index contributed by atoms with van der Waals surface area (Å²) in [6.07, 6.45) is 1.12. The third-order valence-electron chi connectivity index (χ3n) is 2.66. The lowest BCUT2D eigenvalue weighted by Gasteiger charge is -2.00. The second kappa shape index (κ2) is 4.51. The molecule has 1 aromatic carbocycles. The van der Waals surface area contributed by atoms with E-state index in [0.29, 0.717) is 11.3 Å². The molecule has 0 amide bonds. The zero-order chi connectivity index (χ0) is 14.2. The quantitative estimate of drug-likeness (QED) is 0.912. The molecule has 0 aliphatic heterocycles. The van der Waals surface area contributed by atoms with Crippen molar-refractivity contribution in [2.45, 2.75) is 4.90 Å². The summed E-state index contributed by atoms with van der Waals surface area (Å²) in [4.78, 5) is 11.1. The Kier molecular flexibility index (Phi) is 3.15. The van der Waals surface area contributed by atoms with Crippen LogP contribution < -0.4 is 0 Å². The summed E-state index contributed by atoms with van der Waals surface area (Å²) in [6.45, 7) is 0. The maximum atomic E-state index is 11.5. The number of carbonyl (C=O) groups is 1. The minimum atomic E-state index is -3.30. The maximum Gasteiger partial charge on any atom is 0.354 e. The van der Waals surface area contributed by atoms with Crippen LogP contribution in [0.1, 0.15) is 10.5 Å².